The Morgan fingerprint density at radius 3 is 2.19 bits per heavy atom. The fourth-order valence-electron chi connectivity index (χ4n) is 2.18. The van der Waals surface area contributed by atoms with Crippen molar-refractivity contribution in [3.63, 3.8) is 0 Å². The number of nitrogens with one attached hydrogen (secondary N) is 1. The Morgan fingerprint density at radius 2 is 1.66 bits per heavy atom. The van der Waals surface area contributed by atoms with Gasteiger partial charge in [0.1, 0.15) is 12.3 Å². The van der Waals surface area contributed by atoms with Crippen LogP contribution in [0.3, 0.4) is 0 Å². The number of halogens is 1. The minimum absolute atomic E-state index is 0. The number of rotatable bonds is 8. The predicted molar refractivity (Wildman–Crippen MR) is 93.4 cm³/mol. The number of ether oxygens (including phenoxy) is 1. The summed E-state index contributed by atoms with van der Waals surface area (Å²) in [4.78, 5) is 60.5. The van der Waals surface area contributed by atoms with Crippen LogP contribution in [0.2, 0.25) is 0 Å². The van der Waals surface area contributed by atoms with Gasteiger partial charge in [0, 0.05) is 12.6 Å². The maximum Gasteiger partial charge on any atom is 1.00 e. The number of hydrogen-bond acceptors (Lipinski definition) is 10. The zero-order chi connectivity index (χ0) is 22.2. The Bertz CT molecular complexity index is 1030. The Labute approximate surface area is 223 Å². The molecule has 166 valence electrons. The third kappa shape index (κ3) is 10.9. The molecule has 2 unspecified atom stereocenters. The molecule has 1 fully saturated rings. The molecule has 6 N–H and O–H groups in total. The molecular weight excluding hydrogens is 554 g/mol. The van der Waals surface area contributed by atoms with E-state index in [0.29, 0.717) is 0 Å². The standard InChI is InChI=1S/C9H14BrN2O14P3.3Li/c10-4-2-12(9(15)11-8(4)14)7-1-5(13)6(24-7)3-23-28(19,20)26-29(21,22)25-27(16,17)18;;;/h2,5-7,13H,1,3H2,(H,19,20)(H,21,22)(H,11,14,15)(H2,16,17,18);;;/q;3*+1/t5-,6+,7+;;;/m0.../s1. The van der Waals surface area contributed by atoms with Crippen LogP contribution in [0.1, 0.15) is 12.6 Å². The van der Waals surface area contributed by atoms with Gasteiger partial charge >= 0.3 is 85.7 Å². The molecule has 32 heavy (non-hydrogen) atoms. The maximum atomic E-state index is 11.8. The number of nitrogens with zero attached hydrogens (tertiary/aromatic N) is 1. The van der Waals surface area contributed by atoms with Gasteiger partial charge in [0.25, 0.3) is 5.56 Å². The molecule has 0 radical (unpaired) electrons. The summed E-state index contributed by atoms with van der Waals surface area (Å²) in [5.41, 5.74) is -1.56. The predicted octanol–water partition coefficient (Wildman–Crippen LogP) is -9.70. The summed E-state index contributed by atoms with van der Waals surface area (Å²) in [7, 11) is -16.6. The average molecular weight is 568 g/mol. The van der Waals surface area contributed by atoms with E-state index in [2.05, 4.69) is 29.1 Å². The summed E-state index contributed by atoms with van der Waals surface area (Å²) in [5.74, 6) is 0. The topological polar surface area (TPSA) is 244 Å². The van der Waals surface area contributed by atoms with Gasteiger partial charge in [-0.25, -0.2) is 18.5 Å². The first-order chi connectivity index (χ1) is 13.1. The molecular formula is C9H14BrLi3N2O14P3+3. The molecule has 1 aromatic heterocycles. The van der Waals surface area contributed by atoms with Crippen LogP contribution < -0.4 is 67.8 Å². The van der Waals surface area contributed by atoms with E-state index in [1.165, 1.54) is 0 Å². The average Bonchev–Trinajstić information content (AvgIpc) is 2.86. The molecule has 1 aliphatic heterocycles. The van der Waals surface area contributed by atoms with E-state index in [1.807, 2.05) is 4.98 Å². The molecule has 0 amide bonds. The number of hydrogen-bond donors (Lipinski definition) is 6. The third-order valence-electron chi connectivity index (χ3n) is 3.26. The van der Waals surface area contributed by atoms with Gasteiger partial charge < -0.3 is 29.4 Å². The van der Waals surface area contributed by atoms with Crippen molar-refractivity contribution < 1.29 is 113 Å². The molecule has 1 aliphatic rings. The van der Waals surface area contributed by atoms with Gasteiger partial charge in [-0.2, -0.15) is 8.62 Å². The van der Waals surface area contributed by atoms with Crippen molar-refractivity contribution >= 4 is 39.4 Å². The number of phosphoric acid groups is 3. The molecule has 0 spiro atoms. The van der Waals surface area contributed by atoms with Crippen molar-refractivity contribution in [2.75, 3.05) is 6.61 Å². The molecule has 16 nitrogen and oxygen atoms in total. The van der Waals surface area contributed by atoms with Gasteiger partial charge in [-0.05, 0) is 15.9 Å². The number of aliphatic hydroxyl groups is 1. The molecule has 1 saturated heterocycles. The third-order valence-corrected chi connectivity index (χ3v) is 7.62. The second kappa shape index (κ2) is 13.6. The van der Waals surface area contributed by atoms with Crippen LogP contribution in [0.4, 0.5) is 0 Å². The molecule has 5 atom stereocenters. The van der Waals surface area contributed by atoms with Crippen LogP contribution in [0, 0.1) is 0 Å². The van der Waals surface area contributed by atoms with E-state index >= 15 is 0 Å². The summed E-state index contributed by atoms with van der Waals surface area (Å²) in [6, 6.07) is 0. The van der Waals surface area contributed by atoms with Crippen LogP contribution >= 0.6 is 39.4 Å². The smallest absolute Gasteiger partial charge is 0.390 e. The maximum absolute atomic E-state index is 11.8. The molecule has 0 aliphatic carbocycles. The summed E-state index contributed by atoms with van der Waals surface area (Å²) in [6.07, 6.45) is -2.83. The van der Waals surface area contributed by atoms with Crippen LogP contribution in [0.25, 0.3) is 0 Å². The molecule has 0 saturated carbocycles. The number of aliphatic hydroxyl groups excluding tert-OH is 1. The Hall–Kier alpha value is 1.28. The first-order valence-corrected chi connectivity index (χ1v) is 12.5. The molecule has 1 aromatic rings. The first-order valence-electron chi connectivity index (χ1n) is 7.21. The van der Waals surface area contributed by atoms with Crippen molar-refractivity contribution in [3.8, 4) is 0 Å². The van der Waals surface area contributed by atoms with E-state index in [1.54, 1.807) is 0 Å². The Balaban J connectivity index is 0. The second-order valence-electron chi connectivity index (χ2n) is 5.46. The van der Waals surface area contributed by atoms with Crippen LogP contribution in [0.5, 0.6) is 0 Å². The fraction of sp³-hybridized carbons (Fsp3) is 0.556. The van der Waals surface area contributed by atoms with Gasteiger partial charge in [0.05, 0.1) is 17.2 Å². The summed E-state index contributed by atoms with van der Waals surface area (Å²) in [6.45, 7) is -0.888. The van der Waals surface area contributed by atoms with Crippen LogP contribution in [-0.2, 0) is 31.6 Å². The summed E-state index contributed by atoms with van der Waals surface area (Å²) >= 11 is 2.91. The van der Waals surface area contributed by atoms with Gasteiger partial charge in [-0.3, -0.25) is 18.9 Å². The minimum atomic E-state index is -5.68. The van der Waals surface area contributed by atoms with Crippen LogP contribution in [0.15, 0.2) is 20.3 Å². The van der Waals surface area contributed by atoms with E-state index in [0.717, 1.165) is 10.8 Å². The minimum Gasteiger partial charge on any atom is -0.390 e. The van der Waals surface area contributed by atoms with Crippen molar-refractivity contribution in [1.29, 1.82) is 0 Å². The van der Waals surface area contributed by atoms with E-state index in [9.17, 15) is 33.3 Å². The van der Waals surface area contributed by atoms with Crippen molar-refractivity contribution in [3.05, 3.63) is 31.5 Å². The van der Waals surface area contributed by atoms with Crippen molar-refractivity contribution in [2.24, 2.45) is 0 Å². The van der Waals surface area contributed by atoms with Gasteiger partial charge in [0.2, 0.25) is 0 Å². The molecule has 0 aromatic carbocycles. The quantitative estimate of drug-likeness (QED) is 0.126. The van der Waals surface area contributed by atoms with Crippen LogP contribution in [-0.4, -0.2) is 53.0 Å². The second-order valence-corrected chi connectivity index (χ2v) is 10.7. The molecule has 0 bridgehead atoms. The molecule has 2 heterocycles. The molecule has 23 heteroatoms. The number of aromatic nitrogens is 2. The summed E-state index contributed by atoms with van der Waals surface area (Å²) in [5, 5.41) is 9.97. The number of aromatic amines is 1. The first kappa shape index (κ1) is 35.4. The molecule has 2 rings (SSSR count). The Morgan fingerprint density at radius 1 is 1.09 bits per heavy atom. The number of phosphoric ester groups is 1. The van der Waals surface area contributed by atoms with E-state index in [4.69, 9.17) is 19.4 Å². The monoisotopic (exact) mass is 567 g/mol. The normalized spacial score (nSPS) is 24.2. The summed E-state index contributed by atoms with van der Waals surface area (Å²) < 4.78 is 51.2. The van der Waals surface area contributed by atoms with E-state index < -0.39 is 59.8 Å². The van der Waals surface area contributed by atoms with Gasteiger partial charge in [-0.1, -0.05) is 0 Å². The number of H-pyrrole nitrogens is 1. The fourth-order valence-corrected chi connectivity index (χ4v) is 5.53. The largest absolute Gasteiger partial charge is 1.00 e. The van der Waals surface area contributed by atoms with Crippen molar-refractivity contribution in [2.45, 2.75) is 24.9 Å². The zero-order valence-electron chi connectivity index (χ0n) is 16.8. The van der Waals surface area contributed by atoms with Crippen molar-refractivity contribution in [1.82, 2.24) is 9.55 Å². The van der Waals surface area contributed by atoms with E-state index in [-0.39, 0.29) is 67.5 Å². The Kier molecular flexibility index (Phi) is 15.0. The SMILES string of the molecule is O=c1[nH]c(=O)n([C@H]2C[C@H](O)[C@@H](COP(=O)(O)OP(=O)(O)OP(=O)(O)O)O2)cc1Br.[Li+].[Li+].[Li+]. The van der Waals surface area contributed by atoms with Gasteiger partial charge in [-0.15, -0.1) is 0 Å². The zero-order valence-corrected chi connectivity index (χ0v) is 21.1. The van der Waals surface area contributed by atoms with Gasteiger partial charge in [0.15, 0.2) is 0 Å².